The highest BCUT2D eigenvalue weighted by molar-refractivity contribution is 5.34. The molecule has 2 nitrogen and oxygen atoms in total. The Balaban J connectivity index is 1.66. The Kier molecular flexibility index (Phi) is 3.74. The molecular formula is C16H22FNO. The number of hydrogen-bond acceptors (Lipinski definition) is 2. The molecule has 2 aliphatic rings. The Morgan fingerprint density at radius 3 is 2.89 bits per heavy atom. The van der Waals surface area contributed by atoms with Crippen LogP contribution in [0.5, 0.6) is 5.75 Å². The lowest BCUT2D eigenvalue weighted by molar-refractivity contribution is 0.188. The van der Waals surface area contributed by atoms with Gasteiger partial charge in [0.1, 0.15) is 0 Å². The molecule has 104 valence electrons. The fourth-order valence-electron chi connectivity index (χ4n) is 3.82. The summed E-state index contributed by atoms with van der Waals surface area (Å²) in [4.78, 5) is 0. The third-order valence-corrected chi connectivity index (χ3v) is 4.74. The van der Waals surface area contributed by atoms with E-state index in [1.807, 2.05) is 13.1 Å². The monoisotopic (exact) mass is 263 g/mol. The molecule has 3 rings (SSSR count). The van der Waals surface area contributed by atoms with Crippen molar-refractivity contribution in [2.24, 2.45) is 17.8 Å². The highest BCUT2D eigenvalue weighted by Gasteiger charge is 2.39. The van der Waals surface area contributed by atoms with Crippen molar-refractivity contribution in [3.05, 3.63) is 29.6 Å². The number of benzene rings is 1. The summed E-state index contributed by atoms with van der Waals surface area (Å²) in [7, 11) is 1.87. The summed E-state index contributed by atoms with van der Waals surface area (Å²) < 4.78 is 19.7. The van der Waals surface area contributed by atoms with Gasteiger partial charge in [-0.3, -0.25) is 0 Å². The molecule has 0 saturated heterocycles. The smallest absolute Gasteiger partial charge is 0.165 e. The first-order valence-electron chi connectivity index (χ1n) is 7.32. The molecule has 3 unspecified atom stereocenters. The van der Waals surface area contributed by atoms with Crippen molar-refractivity contribution in [2.45, 2.75) is 32.2 Å². The summed E-state index contributed by atoms with van der Waals surface area (Å²) in [5, 5.41) is 3.06. The quantitative estimate of drug-likeness (QED) is 0.879. The number of para-hydroxylation sites is 1. The third kappa shape index (κ3) is 2.62. The summed E-state index contributed by atoms with van der Waals surface area (Å²) in [6, 6.07) is 5.15. The van der Waals surface area contributed by atoms with Crippen LogP contribution in [0.15, 0.2) is 18.2 Å². The summed E-state index contributed by atoms with van der Waals surface area (Å²) in [6.45, 7) is 1.32. The minimum Gasteiger partial charge on any atom is -0.490 e. The second-order valence-corrected chi connectivity index (χ2v) is 6.00. The molecule has 0 heterocycles. The van der Waals surface area contributed by atoms with Crippen molar-refractivity contribution in [3.8, 4) is 5.75 Å². The van der Waals surface area contributed by atoms with Gasteiger partial charge in [-0.25, -0.2) is 4.39 Å². The highest BCUT2D eigenvalue weighted by Crippen LogP contribution is 2.48. The molecule has 1 aromatic rings. The van der Waals surface area contributed by atoms with Gasteiger partial charge in [0.15, 0.2) is 11.6 Å². The number of hydrogen-bond donors (Lipinski definition) is 1. The van der Waals surface area contributed by atoms with E-state index in [-0.39, 0.29) is 5.82 Å². The number of nitrogens with one attached hydrogen (secondary N) is 1. The van der Waals surface area contributed by atoms with Crippen molar-refractivity contribution in [2.75, 3.05) is 13.7 Å². The predicted octanol–water partition coefficient (Wildman–Crippen LogP) is 3.36. The zero-order valence-electron chi connectivity index (χ0n) is 11.5. The SMILES string of the molecule is CNCc1cccc(F)c1OCC1CC2CCC1C2. The minimum atomic E-state index is -0.240. The van der Waals surface area contributed by atoms with Crippen molar-refractivity contribution in [3.63, 3.8) is 0 Å². The van der Waals surface area contributed by atoms with E-state index in [1.165, 1.54) is 31.7 Å². The van der Waals surface area contributed by atoms with Gasteiger partial charge in [-0.05, 0) is 50.1 Å². The maximum Gasteiger partial charge on any atom is 0.165 e. The van der Waals surface area contributed by atoms with E-state index in [0.717, 1.165) is 17.4 Å². The number of halogens is 1. The molecule has 19 heavy (non-hydrogen) atoms. The van der Waals surface area contributed by atoms with Gasteiger partial charge in [0.2, 0.25) is 0 Å². The molecule has 2 fully saturated rings. The van der Waals surface area contributed by atoms with Gasteiger partial charge in [0.25, 0.3) is 0 Å². The highest BCUT2D eigenvalue weighted by atomic mass is 19.1. The van der Waals surface area contributed by atoms with Crippen LogP contribution in [0, 0.1) is 23.6 Å². The Labute approximate surface area is 114 Å². The van der Waals surface area contributed by atoms with Gasteiger partial charge in [0, 0.05) is 12.1 Å². The predicted molar refractivity (Wildman–Crippen MR) is 73.6 cm³/mol. The van der Waals surface area contributed by atoms with E-state index >= 15 is 0 Å². The molecule has 0 aromatic heterocycles. The number of ether oxygens (including phenoxy) is 1. The average Bonchev–Trinajstić information content (AvgIpc) is 3.00. The second-order valence-electron chi connectivity index (χ2n) is 6.00. The van der Waals surface area contributed by atoms with Crippen LogP contribution in [0.1, 0.15) is 31.2 Å². The third-order valence-electron chi connectivity index (χ3n) is 4.74. The lowest BCUT2D eigenvalue weighted by Crippen LogP contribution is -2.19. The van der Waals surface area contributed by atoms with Crippen molar-refractivity contribution in [1.29, 1.82) is 0 Å². The van der Waals surface area contributed by atoms with Crippen LogP contribution in [-0.4, -0.2) is 13.7 Å². The lowest BCUT2D eigenvalue weighted by Gasteiger charge is -2.22. The average molecular weight is 263 g/mol. The summed E-state index contributed by atoms with van der Waals surface area (Å²) in [5.74, 6) is 2.58. The maximum atomic E-state index is 13.9. The van der Waals surface area contributed by atoms with Crippen LogP contribution >= 0.6 is 0 Å². The number of fused-ring (bicyclic) bond motifs is 2. The molecular weight excluding hydrogens is 241 g/mol. The van der Waals surface area contributed by atoms with E-state index in [9.17, 15) is 4.39 Å². The zero-order valence-corrected chi connectivity index (χ0v) is 11.5. The lowest BCUT2D eigenvalue weighted by atomic mass is 9.89. The number of rotatable bonds is 5. The Morgan fingerprint density at radius 2 is 2.21 bits per heavy atom. The summed E-state index contributed by atoms with van der Waals surface area (Å²) in [6.07, 6.45) is 5.39. The molecule has 2 saturated carbocycles. The van der Waals surface area contributed by atoms with Gasteiger partial charge >= 0.3 is 0 Å². The van der Waals surface area contributed by atoms with Crippen LogP contribution < -0.4 is 10.1 Å². The Morgan fingerprint density at radius 1 is 1.32 bits per heavy atom. The summed E-state index contributed by atoms with van der Waals surface area (Å²) in [5.41, 5.74) is 0.908. The van der Waals surface area contributed by atoms with E-state index in [0.29, 0.717) is 24.8 Å². The minimum absolute atomic E-state index is 0.240. The Hall–Kier alpha value is -1.09. The molecule has 1 aromatic carbocycles. The normalized spacial score (nSPS) is 28.8. The van der Waals surface area contributed by atoms with Crippen LogP contribution in [0.3, 0.4) is 0 Å². The molecule has 0 aliphatic heterocycles. The standard InChI is InChI=1S/C16H22FNO/c1-18-9-13-3-2-4-15(17)16(13)19-10-14-8-11-5-6-12(14)7-11/h2-4,11-12,14,18H,5-10H2,1H3. The maximum absolute atomic E-state index is 13.9. The molecule has 0 spiro atoms. The largest absolute Gasteiger partial charge is 0.490 e. The topological polar surface area (TPSA) is 21.3 Å². The van der Waals surface area contributed by atoms with E-state index in [1.54, 1.807) is 6.07 Å². The first kappa shape index (κ1) is 12.9. The first-order chi connectivity index (χ1) is 9.28. The Bertz CT molecular complexity index is 448. The van der Waals surface area contributed by atoms with Gasteiger partial charge in [-0.15, -0.1) is 0 Å². The van der Waals surface area contributed by atoms with Crippen LogP contribution in [0.2, 0.25) is 0 Å². The molecule has 0 amide bonds. The van der Waals surface area contributed by atoms with Gasteiger partial charge < -0.3 is 10.1 Å². The fraction of sp³-hybridized carbons (Fsp3) is 0.625. The first-order valence-corrected chi connectivity index (χ1v) is 7.32. The fourth-order valence-corrected chi connectivity index (χ4v) is 3.82. The van der Waals surface area contributed by atoms with E-state index in [2.05, 4.69) is 5.32 Å². The van der Waals surface area contributed by atoms with Crippen LogP contribution in [0.4, 0.5) is 4.39 Å². The summed E-state index contributed by atoms with van der Waals surface area (Å²) >= 11 is 0. The molecule has 2 bridgehead atoms. The van der Waals surface area contributed by atoms with Crippen molar-refractivity contribution >= 4 is 0 Å². The van der Waals surface area contributed by atoms with E-state index < -0.39 is 0 Å². The molecule has 0 radical (unpaired) electrons. The second kappa shape index (κ2) is 5.49. The van der Waals surface area contributed by atoms with Crippen LogP contribution in [0.25, 0.3) is 0 Å². The van der Waals surface area contributed by atoms with E-state index in [4.69, 9.17) is 4.74 Å². The van der Waals surface area contributed by atoms with Gasteiger partial charge in [-0.1, -0.05) is 18.6 Å². The van der Waals surface area contributed by atoms with Crippen molar-refractivity contribution < 1.29 is 9.13 Å². The zero-order chi connectivity index (χ0) is 13.2. The molecule has 2 aliphatic carbocycles. The van der Waals surface area contributed by atoms with Gasteiger partial charge in [-0.2, -0.15) is 0 Å². The van der Waals surface area contributed by atoms with Crippen molar-refractivity contribution in [1.82, 2.24) is 5.32 Å². The molecule has 1 N–H and O–H groups in total. The molecule has 3 atom stereocenters. The van der Waals surface area contributed by atoms with Crippen LogP contribution in [-0.2, 0) is 6.54 Å². The van der Waals surface area contributed by atoms with Gasteiger partial charge in [0.05, 0.1) is 6.61 Å². The molecule has 3 heteroatoms.